The molecule has 3 rings (SSSR count). The van der Waals surface area contributed by atoms with Crippen molar-refractivity contribution in [2.75, 3.05) is 0 Å². The van der Waals surface area contributed by atoms with Crippen molar-refractivity contribution in [1.82, 2.24) is 9.80 Å². The Labute approximate surface area is 247 Å². The topological polar surface area (TPSA) is 104 Å². The number of amides is 2. The van der Waals surface area contributed by atoms with Gasteiger partial charge in [-0.2, -0.15) is 0 Å². The quantitative estimate of drug-likeness (QED) is 0.424. The van der Waals surface area contributed by atoms with Gasteiger partial charge in [0.05, 0.1) is 24.0 Å². The van der Waals surface area contributed by atoms with Crippen molar-refractivity contribution in [3.05, 3.63) is 71.8 Å². The van der Waals surface area contributed by atoms with Crippen LogP contribution in [0.1, 0.15) is 11.1 Å². The summed E-state index contributed by atoms with van der Waals surface area (Å²) in [6, 6.07) is 13.6. The molecule has 0 aliphatic carbocycles. The minimum Gasteiger partial charge on any atom is -0.548 e. The number of carbonyl (C=O) groups is 3. The van der Waals surface area contributed by atoms with Gasteiger partial charge >= 0.3 is 109 Å². The summed E-state index contributed by atoms with van der Waals surface area (Å²) in [5.74, 6) is -3.25. The smallest absolute Gasteiger partial charge is 0.548 e. The van der Waals surface area contributed by atoms with Crippen molar-refractivity contribution >= 4 is 18.0 Å². The van der Waals surface area contributed by atoms with Gasteiger partial charge in [-0.05, 0) is 11.1 Å². The van der Waals surface area contributed by atoms with E-state index in [4.69, 9.17) is 0 Å². The molecular formula is C19H16K2N2O5. The second-order valence-electron chi connectivity index (χ2n) is 6.04. The molecule has 2 unspecified atom stereocenters. The number of rotatable bonds is 6. The summed E-state index contributed by atoms with van der Waals surface area (Å²) in [6.45, 7) is -0.0687. The monoisotopic (exact) mass is 430 g/mol. The SMILES string of the molecule is O=C([O-])C1C(C(=O)[O-])N(Cc2ccccc2)C(=O)N1Cc1ccccc1.[K+].[K+]. The molecule has 1 saturated heterocycles. The largest absolute Gasteiger partial charge is 1.00 e. The average molecular weight is 431 g/mol. The zero-order chi connectivity index (χ0) is 18.7. The molecule has 0 radical (unpaired) electrons. The van der Waals surface area contributed by atoms with Crippen LogP contribution in [0.5, 0.6) is 0 Å². The Morgan fingerprint density at radius 2 is 1.04 bits per heavy atom. The normalized spacial score (nSPS) is 18.2. The molecule has 1 heterocycles. The van der Waals surface area contributed by atoms with E-state index in [-0.39, 0.29) is 116 Å². The average Bonchev–Trinajstić information content (AvgIpc) is 2.90. The van der Waals surface area contributed by atoms with Crippen molar-refractivity contribution in [3.8, 4) is 0 Å². The summed E-state index contributed by atoms with van der Waals surface area (Å²) in [7, 11) is 0. The third kappa shape index (κ3) is 5.97. The molecule has 1 fully saturated rings. The number of aliphatic carboxylic acids is 2. The van der Waals surface area contributed by atoms with Crippen molar-refractivity contribution in [2.24, 2.45) is 0 Å². The fourth-order valence-corrected chi connectivity index (χ4v) is 3.15. The third-order valence-corrected chi connectivity index (χ3v) is 4.34. The Hall–Kier alpha value is -0.0773. The number of benzene rings is 2. The summed E-state index contributed by atoms with van der Waals surface area (Å²) < 4.78 is 0. The Balaban J connectivity index is 0.00000196. The molecule has 1 aliphatic heterocycles. The number of carbonyl (C=O) groups excluding carboxylic acids is 3. The zero-order valence-corrected chi connectivity index (χ0v) is 22.0. The molecule has 1 aliphatic rings. The first-order valence-corrected chi connectivity index (χ1v) is 8.06. The Morgan fingerprint density at radius 3 is 1.32 bits per heavy atom. The summed E-state index contributed by atoms with van der Waals surface area (Å²) in [5, 5.41) is 23.3. The van der Waals surface area contributed by atoms with Gasteiger partial charge in [0, 0.05) is 13.1 Å². The molecule has 2 atom stereocenters. The van der Waals surface area contributed by atoms with Crippen LogP contribution < -0.4 is 113 Å². The number of nitrogens with zero attached hydrogens (tertiary/aromatic N) is 2. The molecule has 0 bridgehead atoms. The molecule has 9 heteroatoms. The van der Waals surface area contributed by atoms with Crippen molar-refractivity contribution in [3.63, 3.8) is 0 Å². The maximum absolute atomic E-state index is 12.8. The molecule has 0 saturated carbocycles. The van der Waals surface area contributed by atoms with Gasteiger partial charge in [0.2, 0.25) is 0 Å². The van der Waals surface area contributed by atoms with E-state index in [1.54, 1.807) is 60.7 Å². The second-order valence-corrected chi connectivity index (χ2v) is 6.04. The van der Waals surface area contributed by atoms with Gasteiger partial charge in [-0.15, -0.1) is 0 Å². The van der Waals surface area contributed by atoms with Gasteiger partial charge in [-0.3, -0.25) is 0 Å². The van der Waals surface area contributed by atoms with Crippen LogP contribution in [0.25, 0.3) is 0 Å². The Kier molecular flexibility index (Phi) is 11.1. The predicted molar refractivity (Wildman–Crippen MR) is 87.0 cm³/mol. The molecule has 0 aromatic heterocycles. The van der Waals surface area contributed by atoms with Crippen LogP contribution >= 0.6 is 0 Å². The number of carboxylic acid groups (broad SMARTS) is 2. The molecule has 134 valence electrons. The standard InChI is InChI=1S/C19H18N2O5.2K/c22-17(23)15-16(18(24)25)21(12-14-9-5-2-6-10-14)19(26)20(15)11-13-7-3-1-4-8-13;;/h1-10,15-16H,11-12H2,(H,22,23)(H,24,25);;/q;2*+1/p-2. The van der Waals surface area contributed by atoms with Crippen LogP contribution in [0.2, 0.25) is 0 Å². The van der Waals surface area contributed by atoms with Crippen LogP contribution in [0.15, 0.2) is 60.7 Å². The molecule has 2 aromatic rings. The Morgan fingerprint density at radius 1 is 0.714 bits per heavy atom. The van der Waals surface area contributed by atoms with Gasteiger partial charge < -0.3 is 29.6 Å². The maximum atomic E-state index is 12.8. The molecule has 0 spiro atoms. The molecule has 2 amide bonds. The fraction of sp³-hybridized carbons (Fsp3) is 0.211. The van der Waals surface area contributed by atoms with Gasteiger partial charge in [0.15, 0.2) is 0 Å². The third-order valence-electron chi connectivity index (χ3n) is 4.34. The molecule has 2 aromatic carbocycles. The van der Waals surface area contributed by atoms with Gasteiger partial charge in [-0.1, -0.05) is 60.7 Å². The zero-order valence-electron chi connectivity index (χ0n) is 15.8. The van der Waals surface area contributed by atoms with Crippen molar-refractivity contribution < 1.29 is 127 Å². The summed E-state index contributed by atoms with van der Waals surface area (Å²) in [5.41, 5.74) is 1.37. The number of hydrogen-bond donors (Lipinski definition) is 0. The van der Waals surface area contributed by atoms with Gasteiger partial charge in [0.1, 0.15) is 0 Å². The molecule has 28 heavy (non-hydrogen) atoms. The summed E-state index contributed by atoms with van der Waals surface area (Å²) >= 11 is 0. The van der Waals surface area contributed by atoms with Crippen LogP contribution in [0, 0.1) is 0 Å². The van der Waals surface area contributed by atoms with Crippen molar-refractivity contribution in [1.29, 1.82) is 0 Å². The molecule has 0 N–H and O–H groups in total. The first-order chi connectivity index (χ1) is 12.5. The first-order valence-electron chi connectivity index (χ1n) is 8.06. The van der Waals surface area contributed by atoms with Gasteiger partial charge in [0.25, 0.3) is 0 Å². The van der Waals surface area contributed by atoms with E-state index in [0.29, 0.717) is 11.1 Å². The van der Waals surface area contributed by atoms with E-state index >= 15 is 0 Å². The van der Waals surface area contributed by atoms with Crippen LogP contribution in [-0.4, -0.2) is 39.9 Å². The molecule has 7 nitrogen and oxygen atoms in total. The Bertz CT molecular complexity index is 752. The number of carboxylic acids is 2. The first kappa shape index (κ1) is 26.0. The minimum atomic E-state index is -1.63. The van der Waals surface area contributed by atoms with E-state index in [0.717, 1.165) is 9.80 Å². The minimum absolute atomic E-state index is 0. The van der Waals surface area contributed by atoms with E-state index in [1.165, 1.54) is 0 Å². The van der Waals surface area contributed by atoms with Crippen molar-refractivity contribution in [2.45, 2.75) is 25.2 Å². The summed E-state index contributed by atoms with van der Waals surface area (Å²) in [6.07, 6.45) is 0. The van der Waals surface area contributed by atoms with E-state index in [9.17, 15) is 24.6 Å². The molecular weight excluding hydrogens is 414 g/mol. The second kappa shape index (κ2) is 11.9. The fourth-order valence-electron chi connectivity index (χ4n) is 3.15. The maximum Gasteiger partial charge on any atom is 1.00 e. The van der Waals surface area contributed by atoms with E-state index < -0.39 is 30.1 Å². The van der Waals surface area contributed by atoms with Crippen LogP contribution in [-0.2, 0) is 22.7 Å². The van der Waals surface area contributed by atoms with Crippen LogP contribution in [0.3, 0.4) is 0 Å². The van der Waals surface area contributed by atoms with Gasteiger partial charge in [-0.25, -0.2) is 4.79 Å². The van der Waals surface area contributed by atoms with Crippen LogP contribution in [0.4, 0.5) is 4.79 Å². The predicted octanol–water partition coefficient (Wildman–Crippen LogP) is -6.63. The number of urea groups is 1. The van der Waals surface area contributed by atoms with E-state index in [2.05, 4.69) is 0 Å². The van der Waals surface area contributed by atoms with E-state index in [1.807, 2.05) is 0 Å². The number of hydrogen-bond acceptors (Lipinski definition) is 5. The summed E-state index contributed by atoms with van der Waals surface area (Å²) in [4.78, 5) is 38.1.